The number of aliphatic hydroxyl groups is 1. The molecule has 0 saturated carbocycles. The Labute approximate surface area is 112 Å². The summed E-state index contributed by atoms with van der Waals surface area (Å²) < 4.78 is 0. The van der Waals surface area contributed by atoms with Crippen molar-refractivity contribution >= 4 is 11.6 Å². The lowest BCUT2D eigenvalue weighted by molar-refractivity contribution is -0.123. The highest BCUT2D eigenvalue weighted by molar-refractivity contribution is 5.75. The molecule has 5 nitrogen and oxygen atoms in total. The van der Waals surface area contributed by atoms with Crippen molar-refractivity contribution in [2.24, 2.45) is 5.73 Å². The summed E-state index contributed by atoms with van der Waals surface area (Å²) in [6, 6.07) is 9.28. The summed E-state index contributed by atoms with van der Waals surface area (Å²) >= 11 is 0. The minimum Gasteiger partial charge on any atom is -0.388 e. The van der Waals surface area contributed by atoms with Gasteiger partial charge in [0.2, 0.25) is 5.91 Å². The Balaban J connectivity index is 2.12. The molecule has 1 amide bonds. The third kappa shape index (κ3) is 3.24. The first-order valence-corrected chi connectivity index (χ1v) is 6.28. The summed E-state index contributed by atoms with van der Waals surface area (Å²) in [7, 11) is 0. The standard InChI is InChI=1S/C14H17N3O2/c15-9-11-2-4-12(5-3-11)17-7-1-6-14(19,10-17)8-13(16)18/h2-5,19H,1,6-8,10H2,(H2,16,18). The second kappa shape index (κ2) is 5.29. The zero-order valence-electron chi connectivity index (χ0n) is 10.7. The van der Waals surface area contributed by atoms with Crippen LogP contribution in [0.15, 0.2) is 24.3 Å². The number of piperidine rings is 1. The first-order chi connectivity index (χ1) is 9.02. The number of anilines is 1. The molecule has 1 saturated heterocycles. The largest absolute Gasteiger partial charge is 0.388 e. The molecule has 0 bridgehead atoms. The van der Waals surface area contributed by atoms with E-state index in [-0.39, 0.29) is 6.42 Å². The molecule has 0 aromatic heterocycles. The lowest BCUT2D eigenvalue weighted by Crippen LogP contribution is -2.50. The van der Waals surface area contributed by atoms with Crippen LogP contribution in [0, 0.1) is 11.3 Å². The fraction of sp³-hybridized carbons (Fsp3) is 0.429. The predicted molar refractivity (Wildman–Crippen MR) is 71.4 cm³/mol. The Morgan fingerprint density at radius 1 is 1.47 bits per heavy atom. The maximum Gasteiger partial charge on any atom is 0.220 e. The number of nitriles is 1. The number of rotatable bonds is 3. The first kappa shape index (κ1) is 13.4. The van der Waals surface area contributed by atoms with Crippen molar-refractivity contribution in [1.82, 2.24) is 0 Å². The molecule has 0 aliphatic carbocycles. The second-order valence-electron chi connectivity index (χ2n) is 5.05. The number of benzene rings is 1. The van der Waals surface area contributed by atoms with Crippen LogP contribution >= 0.6 is 0 Å². The number of nitrogens with two attached hydrogens (primary N) is 1. The van der Waals surface area contributed by atoms with Crippen molar-refractivity contribution in [2.45, 2.75) is 24.9 Å². The molecule has 1 atom stereocenters. The third-order valence-electron chi connectivity index (χ3n) is 3.42. The summed E-state index contributed by atoms with van der Waals surface area (Å²) in [4.78, 5) is 13.0. The highest BCUT2D eigenvalue weighted by Gasteiger charge is 2.34. The van der Waals surface area contributed by atoms with Crippen LogP contribution in [0.25, 0.3) is 0 Å². The molecule has 1 aromatic carbocycles. The third-order valence-corrected chi connectivity index (χ3v) is 3.42. The van der Waals surface area contributed by atoms with E-state index in [9.17, 15) is 9.90 Å². The number of hydrogen-bond donors (Lipinski definition) is 2. The Morgan fingerprint density at radius 3 is 2.74 bits per heavy atom. The molecular formula is C14H17N3O2. The quantitative estimate of drug-likeness (QED) is 0.838. The monoisotopic (exact) mass is 259 g/mol. The predicted octanol–water partition coefficient (Wildman–Crippen LogP) is 0.765. The smallest absolute Gasteiger partial charge is 0.220 e. The van der Waals surface area contributed by atoms with Crippen molar-refractivity contribution in [3.8, 4) is 6.07 Å². The van der Waals surface area contributed by atoms with Crippen molar-refractivity contribution in [1.29, 1.82) is 5.26 Å². The van der Waals surface area contributed by atoms with Gasteiger partial charge >= 0.3 is 0 Å². The molecule has 1 fully saturated rings. The van der Waals surface area contributed by atoms with Crippen molar-refractivity contribution in [2.75, 3.05) is 18.0 Å². The van der Waals surface area contributed by atoms with Gasteiger partial charge in [-0.2, -0.15) is 5.26 Å². The zero-order chi connectivity index (χ0) is 13.9. The summed E-state index contributed by atoms with van der Waals surface area (Å²) in [5, 5.41) is 19.1. The van der Waals surface area contributed by atoms with Crippen LogP contribution in [0.5, 0.6) is 0 Å². The molecule has 1 heterocycles. The Kier molecular flexibility index (Phi) is 3.72. The fourth-order valence-corrected chi connectivity index (χ4v) is 2.55. The normalized spacial score (nSPS) is 22.8. The molecule has 0 spiro atoms. The SMILES string of the molecule is N#Cc1ccc(N2CCCC(O)(CC(N)=O)C2)cc1. The van der Waals surface area contributed by atoms with Gasteiger partial charge in [-0.1, -0.05) is 0 Å². The Morgan fingerprint density at radius 2 is 2.16 bits per heavy atom. The lowest BCUT2D eigenvalue weighted by Gasteiger charge is -2.40. The maximum atomic E-state index is 11.0. The van der Waals surface area contributed by atoms with Gasteiger partial charge in [0.1, 0.15) is 0 Å². The van der Waals surface area contributed by atoms with E-state index in [0.29, 0.717) is 18.5 Å². The summed E-state index contributed by atoms with van der Waals surface area (Å²) in [5.74, 6) is -0.482. The van der Waals surface area contributed by atoms with Gasteiger partial charge in [-0.15, -0.1) is 0 Å². The molecule has 100 valence electrons. The van der Waals surface area contributed by atoms with Gasteiger partial charge in [-0.3, -0.25) is 4.79 Å². The topological polar surface area (TPSA) is 90.3 Å². The average molecular weight is 259 g/mol. The number of primary amides is 1. The van der Waals surface area contributed by atoms with Crippen LogP contribution in [0.2, 0.25) is 0 Å². The summed E-state index contributed by atoms with van der Waals surface area (Å²) in [6.45, 7) is 1.22. The number of carbonyl (C=O) groups is 1. The van der Waals surface area contributed by atoms with Gasteiger partial charge in [0.25, 0.3) is 0 Å². The number of amides is 1. The van der Waals surface area contributed by atoms with Crippen LogP contribution in [0.3, 0.4) is 0 Å². The fourth-order valence-electron chi connectivity index (χ4n) is 2.55. The van der Waals surface area contributed by atoms with Gasteiger partial charge in [-0.05, 0) is 37.1 Å². The van der Waals surface area contributed by atoms with Crippen molar-refractivity contribution < 1.29 is 9.90 Å². The minimum absolute atomic E-state index is 0.0141. The van der Waals surface area contributed by atoms with E-state index in [1.807, 2.05) is 17.0 Å². The van der Waals surface area contributed by atoms with E-state index in [4.69, 9.17) is 11.0 Å². The minimum atomic E-state index is -1.04. The van der Waals surface area contributed by atoms with Gasteiger partial charge < -0.3 is 15.7 Å². The van der Waals surface area contributed by atoms with Gasteiger partial charge in [-0.25, -0.2) is 0 Å². The van der Waals surface area contributed by atoms with E-state index >= 15 is 0 Å². The van der Waals surface area contributed by atoms with Gasteiger partial charge in [0.15, 0.2) is 0 Å². The zero-order valence-corrected chi connectivity index (χ0v) is 10.7. The Bertz CT molecular complexity index is 506. The van der Waals surface area contributed by atoms with Gasteiger partial charge in [0.05, 0.1) is 23.7 Å². The van der Waals surface area contributed by atoms with Crippen LogP contribution in [0.4, 0.5) is 5.69 Å². The molecular weight excluding hydrogens is 242 g/mol. The van der Waals surface area contributed by atoms with Gasteiger partial charge in [0, 0.05) is 18.8 Å². The molecule has 1 aliphatic heterocycles. The van der Waals surface area contributed by atoms with E-state index in [1.165, 1.54) is 0 Å². The number of hydrogen-bond acceptors (Lipinski definition) is 4. The van der Waals surface area contributed by atoms with Crippen LogP contribution in [-0.4, -0.2) is 29.7 Å². The van der Waals surface area contributed by atoms with Crippen LogP contribution < -0.4 is 10.6 Å². The van der Waals surface area contributed by atoms with E-state index < -0.39 is 11.5 Å². The number of carbonyl (C=O) groups excluding carboxylic acids is 1. The van der Waals surface area contributed by atoms with Crippen molar-refractivity contribution in [3.63, 3.8) is 0 Å². The molecule has 1 aliphatic rings. The summed E-state index contributed by atoms with van der Waals surface area (Å²) in [5.41, 5.74) is 5.68. The molecule has 5 heteroatoms. The van der Waals surface area contributed by atoms with E-state index in [2.05, 4.69) is 6.07 Å². The number of β-amino-alcohol motifs (C(OH)–C–C–N with tert-alkyl or cyclic N) is 1. The molecule has 19 heavy (non-hydrogen) atoms. The number of nitrogens with zero attached hydrogens (tertiary/aromatic N) is 2. The van der Waals surface area contributed by atoms with E-state index in [1.54, 1.807) is 12.1 Å². The Hall–Kier alpha value is -2.06. The molecule has 3 N–H and O–H groups in total. The maximum absolute atomic E-state index is 11.0. The average Bonchev–Trinajstić information content (AvgIpc) is 2.37. The highest BCUT2D eigenvalue weighted by atomic mass is 16.3. The van der Waals surface area contributed by atoms with Crippen molar-refractivity contribution in [3.05, 3.63) is 29.8 Å². The molecule has 2 rings (SSSR count). The molecule has 1 unspecified atom stereocenters. The second-order valence-corrected chi connectivity index (χ2v) is 5.05. The first-order valence-electron chi connectivity index (χ1n) is 6.28. The lowest BCUT2D eigenvalue weighted by atomic mass is 9.89. The highest BCUT2D eigenvalue weighted by Crippen LogP contribution is 2.28. The van der Waals surface area contributed by atoms with E-state index in [0.717, 1.165) is 18.7 Å². The van der Waals surface area contributed by atoms with Crippen LogP contribution in [-0.2, 0) is 4.79 Å². The summed E-state index contributed by atoms with van der Waals surface area (Å²) in [6.07, 6.45) is 1.38. The molecule has 0 radical (unpaired) electrons. The molecule has 1 aromatic rings. The van der Waals surface area contributed by atoms with Crippen LogP contribution in [0.1, 0.15) is 24.8 Å².